The molecule has 2 saturated carbocycles. The van der Waals surface area contributed by atoms with Crippen LogP contribution in [-0.4, -0.2) is 57.9 Å². The number of aromatic nitrogens is 3. The number of nitrogens with two attached hydrogens (primary N) is 1. The predicted molar refractivity (Wildman–Crippen MR) is 117 cm³/mol. The Bertz CT molecular complexity index is 1010. The molecule has 1 aliphatic heterocycles. The standard InChI is InChI=1S/C23H30F3N5O2/c1-12(2)31-19(21-16-7-15(8-17(16)21)30-4-5-32-11-13(30)3)9-18(29-31)14-6-20(22(27)28-10-14)33-23(24,25)26/h6,9-10,12-13,15-17,21H,4-5,7-8,11H2,1-3H3,(H2,27,28)/t13-,15-,16-,17+,21+/m1/s1. The third-order valence-electron chi connectivity index (χ3n) is 7.31. The normalized spacial score (nSPS) is 30.0. The van der Waals surface area contributed by atoms with E-state index in [0.717, 1.165) is 25.5 Å². The lowest BCUT2D eigenvalue weighted by atomic mass is 10.0. The van der Waals surface area contributed by atoms with E-state index in [1.807, 2.05) is 10.7 Å². The summed E-state index contributed by atoms with van der Waals surface area (Å²) in [5.74, 6) is 0.876. The number of hydrogen-bond donors (Lipinski definition) is 1. The van der Waals surface area contributed by atoms with E-state index in [-0.39, 0.29) is 11.9 Å². The number of ether oxygens (including phenoxy) is 2. The van der Waals surface area contributed by atoms with E-state index >= 15 is 0 Å². The molecule has 33 heavy (non-hydrogen) atoms. The van der Waals surface area contributed by atoms with Crippen molar-refractivity contribution in [1.29, 1.82) is 0 Å². The van der Waals surface area contributed by atoms with Crippen LogP contribution in [0.4, 0.5) is 19.0 Å². The van der Waals surface area contributed by atoms with Crippen LogP contribution in [0, 0.1) is 11.8 Å². The van der Waals surface area contributed by atoms with Gasteiger partial charge in [0.05, 0.1) is 18.9 Å². The fourth-order valence-electron chi connectivity index (χ4n) is 5.82. The maximum absolute atomic E-state index is 12.7. The number of hydrogen-bond acceptors (Lipinski definition) is 6. The largest absolute Gasteiger partial charge is 0.573 e. The maximum Gasteiger partial charge on any atom is 0.573 e. The minimum atomic E-state index is -4.84. The van der Waals surface area contributed by atoms with Crippen molar-refractivity contribution in [2.45, 2.75) is 64.0 Å². The number of anilines is 1. The minimum absolute atomic E-state index is 0.137. The summed E-state index contributed by atoms with van der Waals surface area (Å²) < 4.78 is 49.8. The van der Waals surface area contributed by atoms with Gasteiger partial charge in [-0.25, -0.2) is 4.98 Å². The van der Waals surface area contributed by atoms with Crippen LogP contribution >= 0.6 is 0 Å². The zero-order valence-electron chi connectivity index (χ0n) is 19.0. The summed E-state index contributed by atoms with van der Waals surface area (Å²) in [6.07, 6.45) is -1.05. The molecule has 3 heterocycles. The molecule has 10 heteroatoms. The number of nitrogen functional groups attached to an aromatic ring is 1. The van der Waals surface area contributed by atoms with Gasteiger partial charge in [-0.3, -0.25) is 9.58 Å². The van der Waals surface area contributed by atoms with Gasteiger partial charge in [0.25, 0.3) is 0 Å². The number of rotatable bonds is 5. The number of nitrogens with zero attached hydrogens (tertiary/aromatic N) is 4. The minimum Gasteiger partial charge on any atom is -0.402 e. The van der Waals surface area contributed by atoms with E-state index in [1.165, 1.54) is 25.1 Å². The van der Waals surface area contributed by atoms with Gasteiger partial charge in [-0.2, -0.15) is 5.10 Å². The van der Waals surface area contributed by atoms with Crippen molar-refractivity contribution in [3.63, 3.8) is 0 Å². The zero-order valence-corrected chi connectivity index (χ0v) is 19.0. The Balaban J connectivity index is 1.36. The van der Waals surface area contributed by atoms with Crippen LogP contribution in [0.5, 0.6) is 5.75 Å². The maximum atomic E-state index is 12.7. The van der Waals surface area contributed by atoms with E-state index in [1.54, 1.807) is 0 Å². The predicted octanol–water partition coefficient (Wildman–Crippen LogP) is 4.22. The van der Waals surface area contributed by atoms with Crippen LogP contribution in [0.25, 0.3) is 11.3 Å². The molecule has 0 aromatic carbocycles. The average molecular weight is 466 g/mol. The van der Waals surface area contributed by atoms with Gasteiger partial charge in [0.1, 0.15) is 0 Å². The number of morpholine rings is 1. The van der Waals surface area contributed by atoms with Gasteiger partial charge in [0, 0.05) is 48.0 Å². The zero-order chi connectivity index (χ0) is 23.5. The Hall–Kier alpha value is -2.33. The van der Waals surface area contributed by atoms with Crippen LogP contribution < -0.4 is 10.5 Å². The monoisotopic (exact) mass is 465 g/mol. The van der Waals surface area contributed by atoms with E-state index in [0.29, 0.717) is 41.1 Å². The second-order valence-corrected chi connectivity index (χ2v) is 9.79. The fraction of sp³-hybridized carbons (Fsp3) is 0.652. The molecule has 0 spiro atoms. The highest BCUT2D eigenvalue weighted by molar-refractivity contribution is 5.64. The van der Waals surface area contributed by atoms with Gasteiger partial charge >= 0.3 is 6.36 Å². The van der Waals surface area contributed by atoms with Gasteiger partial charge in [-0.05, 0) is 57.6 Å². The smallest absolute Gasteiger partial charge is 0.402 e. The molecule has 2 aliphatic carbocycles. The molecule has 3 aliphatic rings. The van der Waals surface area contributed by atoms with Gasteiger partial charge < -0.3 is 15.2 Å². The van der Waals surface area contributed by atoms with Crippen LogP contribution in [-0.2, 0) is 4.74 Å². The first-order chi connectivity index (χ1) is 15.6. The Morgan fingerprint density at radius 1 is 1.21 bits per heavy atom. The second-order valence-electron chi connectivity index (χ2n) is 9.79. The number of pyridine rings is 1. The van der Waals surface area contributed by atoms with E-state index < -0.39 is 12.1 Å². The average Bonchev–Trinajstić information content (AvgIpc) is 3.09. The molecule has 2 N–H and O–H groups in total. The van der Waals surface area contributed by atoms with Crippen LogP contribution in [0.3, 0.4) is 0 Å². The Morgan fingerprint density at radius 3 is 2.58 bits per heavy atom. The SMILES string of the molecule is CC(C)n1nc(-c2cnc(N)c(OC(F)(F)F)c2)cc1[C@H]1[C@@H]2C[C@@H](N3CCOC[C@H]3C)C[C@@H]21. The quantitative estimate of drug-likeness (QED) is 0.713. The molecule has 0 amide bonds. The van der Waals surface area contributed by atoms with Crippen LogP contribution in [0.1, 0.15) is 51.3 Å². The van der Waals surface area contributed by atoms with Crippen LogP contribution in [0.2, 0.25) is 0 Å². The van der Waals surface area contributed by atoms with Crippen molar-refractivity contribution in [2.24, 2.45) is 11.8 Å². The van der Waals surface area contributed by atoms with E-state index in [4.69, 9.17) is 15.6 Å². The molecule has 7 nitrogen and oxygen atoms in total. The van der Waals surface area contributed by atoms with Gasteiger partial charge in [-0.1, -0.05) is 0 Å². The molecule has 3 fully saturated rings. The summed E-state index contributed by atoms with van der Waals surface area (Å²) in [6, 6.07) is 4.46. The molecule has 5 rings (SSSR count). The topological polar surface area (TPSA) is 78.4 Å². The molecule has 0 unspecified atom stereocenters. The molecule has 1 saturated heterocycles. The summed E-state index contributed by atoms with van der Waals surface area (Å²) >= 11 is 0. The Morgan fingerprint density at radius 2 is 1.94 bits per heavy atom. The Kier molecular flexibility index (Phi) is 5.55. The molecular formula is C23H30F3N5O2. The number of halogens is 3. The van der Waals surface area contributed by atoms with Crippen molar-refractivity contribution in [1.82, 2.24) is 19.7 Å². The molecule has 0 bridgehead atoms. The highest BCUT2D eigenvalue weighted by Gasteiger charge is 2.59. The summed E-state index contributed by atoms with van der Waals surface area (Å²) in [6.45, 7) is 8.97. The highest BCUT2D eigenvalue weighted by atomic mass is 19.4. The first kappa shape index (κ1) is 22.5. The molecule has 180 valence electrons. The first-order valence-electron chi connectivity index (χ1n) is 11.6. The summed E-state index contributed by atoms with van der Waals surface area (Å²) in [7, 11) is 0. The van der Waals surface area contributed by atoms with E-state index in [9.17, 15) is 13.2 Å². The van der Waals surface area contributed by atoms with Crippen molar-refractivity contribution in [2.75, 3.05) is 25.5 Å². The third kappa shape index (κ3) is 4.30. The molecular weight excluding hydrogens is 435 g/mol. The summed E-state index contributed by atoms with van der Waals surface area (Å²) in [4.78, 5) is 6.50. The van der Waals surface area contributed by atoms with E-state index in [2.05, 4.69) is 35.4 Å². The van der Waals surface area contributed by atoms with Crippen molar-refractivity contribution >= 4 is 5.82 Å². The lowest BCUT2D eigenvalue weighted by molar-refractivity contribution is -0.274. The first-order valence-corrected chi connectivity index (χ1v) is 11.6. The second kappa shape index (κ2) is 8.16. The van der Waals surface area contributed by atoms with Crippen molar-refractivity contribution < 1.29 is 22.6 Å². The van der Waals surface area contributed by atoms with Crippen molar-refractivity contribution in [3.05, 3.63) is 24.0 Å². The summed E-state index contributed by atoms with van der Waals surface area (Å²) in [5.41, 5.74) is 7.78. The van der Waals surface area contributed by atoms with Crippen molar-refractivity contribution in [3.8, 4) is 17.0 Å². The number of fused-ring (bicyclic) bond motifs is 1. The Labute approximate surface area is 191 Å². The van der Waals surface area contributed by atoms with Gasteiger partial charge in [0.15, 0.2) is 11.6 Å². The molecule has 2 aromatic heterocycles. The molecule has 5 atom stereocenters. The lowest BCUT2D eigenvalue weighted by Crippen LogP contribution is -2.49. The lowest BCUT2D eigenvalue weighted by Gasteiger charge is -2.38. The van der Waals surface area contributed by atoms with Crippen LogP contribution in [0.15, 0.2) is 18.3 Å². The summed E-state index contributed by atoms with van der Waals surface area (Å²) in [5, 5.41) is 4.73. The molecule has 0 radical (unpaired) electrons. The fourth-order valence-corrected chi connectivity index (χ4v) is 5.82. The van der Waals surface area contributed by atoms with Gasteiger partial charge in [0.2, 0.25) is 0 Å². The van der Waals surface area contributed by atoms with Gasteiger partial charge in [-0.15, -0.1) is 13.2 Å². The highest BCUT2D eigenvalue weighted by Crippen LogP contribution is 2.64. The third-order valence-corrected chi connectivity index (χ3v) is 7.31. The molecule has 2 aromatic rings. The number of alkyl halides is 3.